The highest BCUT2D eigenvalue weighted by Gasteiger charge is 2.27. The van der Waals surface area contributed by atoms with Crippen LogP contribution in [0.4, 0.5) is 0 Å². The maximum Gasteiger partial charge on any atom is 0.281 e. The van der Waals surface area contributed by atoms with E-state index in [0.717, 1.165) is 42.8 Å². The monoisotopic (exact) mass is 605 g/mol. The Kier molecular flexibility index (Phi) is 8.90. The first-order chi connectivity index (χ1) is 18.8. The molecule has 0 spiro atoms. The van der Waals surface area contributed by atoms with Gasteiger partial charge in [-0.2, -0.15) is 5.10 Å². The van der Waals surface area contributed by atoms with Gasteiger partial charge in [-0.05, 0) is 75.5 Å². The molecule has 206 valence electrons. The van der Waals surface area contributed by atoms with Gasteiger partial charge in [0.2, 0.25) is 0 Å². The Labute approximate surface area is 245 Å². The van der Waals surface area contributed by atoms with E-state index in [1.54, 1.807) is 42.6 Å². The standard InChI is InChI=1S/C27H29Cl2N5O3S2/c1-16(19-15-38-25(24(19)35)17-4-5-20(28)21(29)14-17)30-31-26(36)22-6-7-23(39-22)27(37)32-34-12-8-18(9-13-34)33-10-2-3-11-33/h4-7,14-15,18,35H,2-3,8-13H2,1H3,(H,31,36)(H,32,37)/b30-16-. The van der Waals surface area contributed by atoms with Gasteiger partial charge in [0.05, 0.1) is 36.0 Å². The molecule has 3 aromatic rings. The number of thiophene rings is 2. The number of carbonyl (C=O) groups excluding carboxylic acids is 2. The number of nitrogens with zero attached hydrogens (tertiary/aromatic N) is 3. The number of hydrazine groups is 1. The Hall–Kier alpha value is -2.47. The predicted molar refractivity (Wildman–Crippen MR) is 158 cm³/mol. The third-order valence-corrected chi connectivity index (χ3v) is 9.94. The van der Waals surface area contributed by atoms with E-state index in [0.29, 0.717) is 42.0 Å². The minimum absolute atomic E-state index is 0.0495. The van der Waals surface area contributed by atoms with Gasteiger partial charge in [-0.25, -0.2) is 10.4 Å². The highest BCUT2D eigenvalue weighted by Crippen LogP contribution is 2.40. The lowest BCUT2D eigenvalue weighted by molar-refractivity contribution is 0.0633. The predicted octanol–water partition coefficient (Wildman–Crippen LogP) is 5.85. The van der Waals surface area contributed by atoms with E-state index in [2.05, 4.69) is 20.9 Å². The number of nitrogens with one attached hydrogen (secondary N) is 2. The molecule has 0 atom stereocenters. The van der Waals surface area contributed by atoms with Crippen molar-refractivity contribution in [1.82, 2.24) is 20.8 Å². The van der Waals surface area contributed by atoms with Crippen LogP contribution in [0.3, 0.4) is 0 Å². The summed E-state index contributed by atoms with van der Waals surface area (Å²) in [6, 6.07) is 9.01. The summed E-state index contributed by atoms with van der Waals surface area (Å²) in [5, 5.41) is 19.5. The van der Waals surface area contributed by atoms with E-state index in [9.17, 15) is 14.7 Å². The fourth-order valence-electron chi connectivity index (χ4n) is 4.93. The van der Waals surface area contributed by atoms with Crippen molar-refractivity contribution in [3.63, 3.8) is 0 Å². The SMILES string of the molecule is C/C(=N/NC(=O)c1ccc(C(=O)NN2CCC(N3CCCC3)CC2)s1)c1csc(-c2ccc(Cl)c(Cl)c2)c1O. The van der Waals surface area contributed by atoms with Crippen molar-refractivity contribution < 1.29 is 14.7 Å². The first-order valence-electron chi connectivity index (χ1n) is 12.8. The fourth-order valence-corrected chi connectivity index (χ4v) is 7.02. The normalized spacial score (nSPS) is 17.5. The number of hydrogen-bond donors (Lipinski definition) is 3. The first-order valence-corrected chi connectivity index (χ1v) is 15.3. The largest absolute Gasteiger partial charge is 0.506 e. The summed E-state index contributed by atoms with van der Waals surface area (Å²) in [5.41, 5.74) is 7.18. The molecule has 2 aliphatic heterocycles. The average molecular weight is 607 g/mol. The Morgan fingerprint density at radius 1 is 1.00 bits per heavy atom. The summed E-state index contributed by atoms with van der Waals surface area (Å²) >= 11 is 14.6. The maximum absolute atomic E-state index is 12.8. The molecule has 8 nitrogen and oxygen atoms in total. The van der Waals surface area contributed by atoms with Gasteiger partial charge < -0.3 is 10.0 Å². The van der Waals surface area contributed by atoms with Crippen LogP contribution >= 0.6 is 45.9 Å². The summed E-state index contributed by atoms with van der Waals surface area (Å²) in [4.78, 5) is 29.5. The third kappa shape index (κ3) is 6.48. The molecule has 5 rings (SSSR count). The number of rotatable bonds is 7. The lowest BCUT2D eigenvalue weighted by Gasteiger charge is -2.36. The Morgan fingerprint density at radius 2 is 1.69 bits per heavy atom. The van der Waals surface area contributed by atoms with Crippen molar-refractivity contribution in [3.8, 4) is 16.2 Å². The zero-order valence-corrected chi connectivity index (χ0v) is 24.5. The van der Waals surface area contributed by atoms with Crippen molar-refractivity contribution >= 4 is 63.4 Å². The average Bonchev–Trinajstić information content (AvgIpc) is 3.71. The molecule has 0 unspecified atom stereocenters. The highest BCUT2D eigenvalue weighted by atomic mass is 35.5. The smallest absolute Gasteiger partial charge is 0.281 e. The minimum atomic E-state index is -0.427. The summed E-state index contributed by atoms with van der Waals surface area (Å²) in [5.74, 6) is -0.589. The van der Waals surface area contributed by atoms with Gasteiger partial charge >= 0.3 is 0 Å². The molecular weight excluding hydrogens is 577 g/mol. The molecule has 39 heavy (non-hydrogen) atoms. The number of aromatic hydroxyl groups is 1. The van der Waals surface area contributed by atoms with Crippen LogP contribution in [0.1, 0.15) is 57.5 Å². The number of likely N-dealkylation sites (tertiary alicyclic amines) is 1. The minimum Gasteiger partial charge on any atom is -0.506 e. The number of benzene rings is 1. The Morgan fingerprint density at radius 3 is 2.38 bits per heavy atom. The molecule has 0 saturated carbocycles. The topological polar surface area (TPSA) is 97.3 Å². The van der Waals surface area contributed by atoms with Crippen molar-refractivity contribution in [2.45, 2.75) is 38.6 Å². The molecule has 12 heteroatoms. The summed E-state index contributed by atoms with van der Waals surface area (Å²) in [6.45, 7) is 5.72. The summed E-state index contributed by atoms with van der Waals surface area (Å²) in [6.07, 6.45) is 4.66. The van der Waals surface area contributed by atoms with Crippen LogP contribution in [0, 0.1) is 0 Å². The molecule has 0 radical (unpaired) electrons. The number of hydrazone groups is 1. The molecule has 2 aliphatic rings. The van der Waals surface area contributed by atoms with Crippen LogP contribution < -0.4 is 10.9 Å². The number of amides is 2. The Bertz CT molecular complexity index is 1390. The number of hydrogen-bond acceptors (Lipinski definition) is 8. The number of halogens is 2. The van der Waals surface area contributed by atoms with Gasteiger partial charge in [-0.3, -0.25) is 15.0 Å². The summed E-state index contributed by atoms with van der Waals surface area (Å²) < 4.78 is 0. The molecule has 2 fully saturated rings. The van der Waals surface area contributed by atoms with E-state index >= 15 is 0 Å². The van der Waals surface area contributed by atoms with Crippen molar-refractivity contribution in [2.24, 2.45) is 5.10 Å². The second-order valence-corrected chi connectivity index (χ2v) is 12.4. The van der Waals surface area contributed by atoms with Gasteiger partial charge in [0.25, 0.3) is 11.8 Å². The summed E-state index contributed by atoms with van der Waals surface area (Å²) in [7, 11) is 0. The molecule has 3 N–H and O–H groups in total. The zero-order valence-electron chi connectivity index (χ0n) is 21.4. The van der Waals surface area contributed by atoms with Crippen molar-refractivity contribution in [3.05, 3.63) is 61.1 Å². The van der Waals surface area contributed by atoms with Crippen LogP contribution in [0.15, 0.2) is 40.8 Å². The van der Waals surface area contributed by atoms with Crippen molar-refractivity contribution in [2.75, 3.05) is 26.2 Å². The van der Waals surface area contributed by atoms with Crippen LogP contribution in [-0.4, -0.2) is 64.8 Å². The van der Waals surface area contributed by atoms with Crippen LogP contribution in [-0.2, 0) is 0 Å². The number of carbonyl (C=O) groups is 2. The zero-order chi connectivity index (χ0) is 27.5. The van der Waals surface area contributed by atoms with Gasteiger partial charge in [0.15, 0.2) is 0 Å². The molecule has 2 aromatic heterocycles. The second kappa shape index (κ2) is 12.4. The quantitative estimate of drug-likeness (QED) is 0.232. The van der Waals surface area contributed by atoms with Gasteiger partial charge in [0, 0.05) is 24.5 Å². The maximum atomic E-state index is 12.8. The molecule has 2 saturated heterocycles. The first kappa shape index (κ1) is 28.1. The molecule has 2 amide bonds. The van der Waals surface area contributed by atoms with Crippen molar-refractivity contribution in [1.29, 1.82) is 0 Å². The van der Waals surface area contributed by atoms with Gasteiger partial charge in [0.1, 0.15) is 5.75 Å². The van der Waals surface area contributed by atoms with E-state index in [-0.39, 0.29) is 11.7 Å². The van der Waals surface area contributed by atoms with Crippen LogP contribution in [0.5, 0.6) is 5.75 Å². The van der Waals surface area contributed by atoms with E-state index in [4.69, 9.17) is 23.2 Å². The van der Waals surface area contributed by atoms with E-state index in [1.807, 2.05) is 5.01 Å². The fraction of sp³-hybridized carbons (Fsp3) is 0.370. The molecule has 4 heterocycles. The number of piperidine rings is 1. The Balaban J connectivity index is 1.16. The molecule has 1 aromatic carbocycles. The third-order valence-electron chi connectivity index (χ3n) is 7.10. The van der Waals surface area contributed by atoms with E-state index in [1.165, 1.54) is 37.3 Å². The second-order valence-electron chi connectivity index (χ2n) is 9.66. The van der Waals surface area contributed by atoms with Gasteiger partial charge in [-0.1, -0.05) is 29.3 Å². The molecule has 0 bridgehead atoms. The van der Waals surface area contributed by atoms with E-state index < -0.39 is 5.91 Å². The van der Waals surface area contributed by atoms with Gasteiger partial charge in [-0.15, -0.1) is 22.7 Å². The molecular formula is C27H29Cl2N5O3S2. The van der Waals surface area contributed by atoms with Crippen LogP contribution in [0.25, 0.3) is 10.4 Å². The highest BCUT2D eigenvalue weighted by molar-refractivity contribution is 7.16. The molecule has 0 aliphatic carbocycles. The lowest BCUT2D eigenvalue weighted by atomic mass is 10.1. The van der Waals surface area contributed by atoms with Crippen LogP contribution in [0.2, 0.25) is 10.0 Å². The lowest BCUT2D eigenvalue weighted by Crippen LogP contribution is -2.50.